The molecule has 2 aromatic rings. The van der Waals surface area contributed by atoms with E-state index in [2.05, 4.69) is 40.5 Å². The van der Waals surface area contributed by atoms with E-state index in [-0.39, 0.29) is 6.03 Å². The first kappa shape index (κ1) is 18.3. The lowest BCUT2D eigenvalue weighted by Gasteiger charge is -2.34. The van der Waals surface area contributed by atoms with Gasteiger partial charge in [-0.2, -0.15) is 0 Å². The summed E-state index contributed by atoms with van der Waals surface area (Å²) in [5, 5.41) is 3.13. The van der Waals surface area contributed by atoms with Gasteiger partial charge in [0, 0.05) is 68.8 Å². The second-order valence-electron chi connectivity index (χ2n) is 7.92. The summed E-state index contributed by atoms with van der Waals surface area (Å²) in [6, 6.07) is 12.6. The van der Waals surface area contributed by atoms with Crippen LogP contribution in [-0.2, 0) is 25.9 Å². The molecule has 0 aromatic heterocycles. The van der Waals surface area contributed by atoms with Gasteiger partial charge in [-0.25, -0.2) is 4.79 Å². The Labute approximate surface area is 171 Å². The second kappa shape index (κ2) is 7.95. The summed E-state index contributed by atoms with van der Waals surface area (Å²) in [6.07, 6.45) is 1.80. The highest BCUT2D eigenvalue weighted by atomic mass is 16.5. The summed E-state index contributed by atoms with van der Waals surface area (Å²) in [6.45, 7) is 6.16. The molecule has 3 aliphatic rings. The number of ether oxygens (including phenoxy) is 2. The Morgan fingerprint density at radius 3 is 2.62 bits per heavy atom. The number of benzene rings is 2. The van der Waals surface area contributed by atoms with Crippen LogP contribution >= 0.6 is 0 Å². The summed E-state index contributed by atoms with van der Waals surface area (Å²) in [5.41, 5.74) is 4.81. The van der Waals surface area contributed by atoms with Gasteiger partial charge >= 0.3 is 6.03 Å². The summed E-state index contributed by atoms with van der Waals surface area (Å²) >= 11 is 0. The van der Waals surface area contributed by atoms with E-state index in [0.717, 1.165) is 62.6 Å². The number of fused-ring (bicyclic) bond motifs is 2. The fourth-order valence-electron chi connectivity index (χ4n) is 4.50. The van der Waals surface area contributed by atoms with Crippen molar-refractivity contribution in [3.05, 3.63) is 58.7 Å². The molecule has 0 saturated carbocycles. The Morgan fingerprint density at radius 1 is 1.00 bits per heavy atom. The SMILES string of the molecule is O=C(NCc1c2c(cc3c1OCC3)OCC2)N1CCN(Cc2ccccc2)CC1. The molecule has 0 aliphatic carbocycles. The van der Waals surface area contributed by atoms with E-state index in [0.29, 0.717) is 19.8 Å². The van der Waals surface area contributed by atoms with E-state index in [9.17, 15) is 4.79 Å². The average Bonchev–Trinajstić information content (AvgIpc) is 3.41. The van der Waals surface area contributed by atoms with Crippen LogP contribution in [0, 0.1) is 0 Å². The molecule has 1 saturated heterocycles. The predicted molar refractivity (Wildman–Crippen MR) is 110 cm³/mol. The molecule has 6 nitrogen and oxygen atoms in total. The van der Waals surface area contributed by atoms with Crippen LogP contribution in [0.2, 0.25) is 0 Å². The fraction of sp³-hybridized carbons (Fsp3) is 0.435. The number of urea groups is 1. The van der Waals surface area contributed by atoms with Crippen LogP contribution < -0.4 is 14.8 Å². The Morgan fingerprint density at radius 2 is 1.79 bits per heavy atom. The number of carbonyl (C=O) groups is 1. The Balaban J connectivity index is 1.18. The molecule has 3 heterocycles. The van der Waals surface area contributed by atoms with Crippen molar-refractivity contribution in [2.24, 2.45) is 0 Å². The van der Waals surface area contributed by atoms with E-state index >= 15 is 0 Å². The maximum atomic E-state index is 12.8. The highest BCUT2D eigenvalue weighted by Gasteiger charge is 2.27. The van der Waals surface area contributed by atoms with Gasteiger partial charge in [-0.3, -0.25) is 4.90 Å². The van der Waals surface area contributed by atoms with Crippen molar-refractivity contribution in [2.75, 3.05) is 39.4 Å². The normalized spacial score (nSPS) is 18.0. The number of hydrogen-bond acceptors (Lipinski definition) is 4. The minimum absolute atomic E-state index is 0.00706. The maximum absolute atomic E-state index is 12.8. The highest BCUT2D eigenvalue weighted by Crippen LogP contribution is 2.40. The van der Waals surface area contributed by atoms with Crippen molar-refractivity contribution < 1.29 is 14.3 Å². The number of piperazine rings is 1. The third-order valence-corrected chi connectivity index (χ3v) is 6.09. The molecule has 2 amide bonds. The molecule has 1 N–H and O–H groups in total. The molecule has 0 atom stereocenters. The first-order valence-corrected chi connectivity index (χ1v) is 10.5. The van der Waals surface area contributed by atoms with Crippen molar-refractivity contribution in [2.45, 2.75) is 25.9 Å². The lowest BCUT2D eigenvalue weighted by molar-refractivity contribution is 0.135. The topological polar surface area (TPSA) is 54.0 Å². The van der Waals surface area contributed by atoms with Gasteiger partial charge in [0.15, 0.2) is 0 Å². The number of amides is 2. The Bertz CT molecular complexity index is 860. The molecule has 152 valence electrons. The molecule has 5 rings (SSSR count). The standard InChI is InChI=1S/C23H27N3O3/c27-23(26-10-8-25(9-11-26)16-17-4-2-1-3-5-17)24-15-20-19-7-13-28-21(19)14-18-6-12-29-22(18)20/h1-5,14H,6-13,15-16H2,(H,24,27). The summed E-state index contributed by atoms with van der Waals surface area (Å²) < 4.78 is 11.6. The zero-order valence-corrected chi connectivity index (χ0v) is 16.7. The van der Waals surface area contributed by atoms with Crippen LogP contribution in [0.1, 0.15) is 22.3 Å². The molecular formula is C23H27N3O3. The number of nitrogens with one attached hydrogen (secondary N) is 1. The molecule has 0 unspecified atom stereocenters. The first-order valence-electron chi connectivity index (χ1n) is 10.5. The van der Waals surface area contributed by atoms with Gasteiger partial charge < -0.3 is 19.7 Å². The number of hydrogen-bond donors (Lipinski definition) is 1. The molecule has 29 heavy (non-hydrogen) atoms. The molecule has 1 fully saturated rings. The van der Waals surface area contributed by atoms with E-state index in [1.165, 1.54) is 16.7 Å². The van der Waals surface area contributed by atoms with E-state index in [1.54, 1.807) is 0 Å². The molecule has 6 heteroatoms. The zero-order valence-electron chi connectivity index (χ0n) is 16.7. The van der Waals surface area contributed by atoms with Crippen molar-refractivity contribution in [1.29, 1.82) is 0 Å². The van der Waals surface area contributed by atoms with E-state index < -0.39 is 0 Å². The van der Waals surface area contributed by atoms with Gasteiger partial charge in [0.1, 0.15) is 11.5 Å². The minimum Gasteiger partial charge on any atom is -0.493 e. The van der Waals surface area contributed by atoms with Crippen LogP contribution in [0.25, 0.3) is 0 Å². The van der Waals surface area contributed by atoms with Crippen LogP contribution in [0.15, 0.2) is 36.4 Å². The van der Waals surface area contributed by atoms with Gasteiger partial charge in [0.2, 0.25) is 0 Å². The van der Waals surface area contributed by atoms with E-state index in [4.69, 9.17) is 9.47 Å². The number of rotatable bonds is 4. The van der Waals surface area contributed by atoms with Gasteiger partial charge in [0.05, 0.1) is 13.2 Å². The summed E-state index contributed by atoms with van der Waals surface area (Å²) in [5.74, 6) is 1.93. The van der Waals surface area contributed by atoms with Crippen LogP contribution in [0.5, 0.6) is 11.5 Å². The number of carbonyl (C=O) groups excluding carboxylic acids is 1. The fourth-order valence-corrected chi connectivity index (χ4v) is 4.50. The van der Waals surface area contributed by atoms with Crippen molar-refractivity contribution >= 4 is 6.03 Å². The molecule has 2 aromatic carbocycles. The third kappa shape index (κ3) is 3.77. The predicted octanol–water partition coefficient (Wildman–Crippen LogP) is 2.58. The summed E-state index contributed by atoms with van der Waals surface area (Å²) in [7, 11) is 0. The van der Waals surface area contributed by atoms with Crippen LogP contribution in [-0.4, -0.2) is 55.2 Å². The first-order chi connectivity index (χ1) is 14.3. The minimum atomic E-state index is 0.00706. The molecule has 0 spiro atoms. The molecule has 0 bridgehead atoms. The second-order valence-corrected chi connectivity index (χ2v) is 7.92. The molecule has 3 aliphatic heterocycles. The Kier molecular flexibility index (Phi) is 5.02. The highest BCUT2D eigenvalue weighted by molar-refractivity contribution is 5.74. The average molecular weight is 393 g/mol. The summed E-state index contributed by atoms with van der Waals surface area (Å²) in [4.78, 5) is 17.1. The van der Waals surface area contributed by atoms with Crippen LogP contribution in [0.4, 0.5) is 4.79 Å². The molecular weight excluding hydrogens is 366 g/mol. The Hall–Kier alpha value is -2.73. The van der Waals surface area contributed by atoms with Crippen LogP contribution in [0.3, 0.4) is 0 Å². The number of nitrogens with zero attached hydrogens (tertiary/aromatic N) is 2. The van der Waals surface area contributed by atoms with Crippen molar-refractivity contribution in [1.82, 2.24) is 15.1 Å². The van der Waals surface area contributed by atoms with Crippen molar-refractivity contribution in [3.8, 4) is 11.5 Å². The van der Waals surface area contributed by atoms with E-state index in [1.807, 2.05) is 11.0 Å². The maximum Gasteiger partial charge on any atom is 0.317 e. The lowest BCUT2D eigenvalue weighted by atomic mass is 9.99. The van der Waals surface area contributed by atoms with Crippen molar-refractivity contribution in [3.63, 3.8) is 0 Å². The van der Waals surface area contributed by atoms with Gasteiger partial charge in [-0.15, -0.1) is 0 Å². The smallest absolute Gasteiger partial charge is 0.317 e. The van der Waals surface area contributed by atoms with Gasteiger partial charge in [-0.05, 0) is 11.6 Å². The lowest BCUT2D eigenvalue weighted by Crippen LogP contribution is -2.51. The molecule has 0 radical (unpaired) electrons. The zero-order chi connectivity index (χ0) is 19.6. The largest absolute Gasteiger partial charge is 0.493 e. The third-order valence-electron chi connectivity index (χ3n) is 6.09. The van der Waals surface area contributed by atoms with Gasteiger partial charge in [-0.1, -0.05) is 30.3 Å². The monoisotopic (exact) mass is 393 g/mol. The quantitative estimate of drug-likeness (QED) is 0.868. The van der Waals surface area contributed by atoms with Gasteiger partial charge in [0.25, 0.3) is 0 Å².